The second-order valence-electron chi connectivity index (χ2n) is 10.8. The van der Waals surface area contributed by atoms with Crippen LogP contribution in [0.1, 0.15) is 61.4 Å². The summed E-state index contributed by atoms with van der Waals surface area (Å²) in [7, 11) is 2.14. The van der Waals surface area contributed by atoms with Gasteiger partial charge < -0.3 is 25.0 Å². The fourth-order valence-electron chi connectivity index (χ4n) is 5.92. The van der Waals surface area contributed by atoms with Gasteiger partial charge in [-0.25, -0.2) is 4.98 Å². The minimum Gasteiger partial charge on any atom is -0.487 e. The first kappa shape index (κ1) is 25.1. The lowest BCUT2D eigenvalue weighted by atomic mass is 9.72. The SMILES string of the molecule is C[C@H](Oc1cc(OC2CNC2)cc(-c2noc([C@@]3(C)CCCc4sc(N)c(C#N)c43)n2)n1)[C@@H]1CCCN1C. The number of likely N-dealkylation sites (tertiary alicyclic amines) is 1. The Labute approximate surface area is 226 Å². The number of rotatable bonds is 7. The lowest BCUT2D eigenvalue weighted by Crippen LogP contribution is -2.50. The molecule has 0 unspecified atom stereocenters. The maximum Gasteiger partial charge on any atom is 0.237 e. The predicted octanol–water partition coefficient (Wildman–Crippen LogP) is 3.50. The van der Waals surface area contributed by atoms with Crippen molar-refractivity contribution < 1.29 is 14.0 Å². The van der Waals surface area contributed by atoms with Crippen LogP contribution in [0.2, 0.25) is 0 Å². The zero-order valence-electron chi connectivity index (χ0n) is 22.0. The van der Waals surface area contributed by atoms with Crippen LogP contribution in [-0.4, -0.2) is 65.0 Å². The van der Waals surface area contributed by atoms with E-state index < -0.39 is 5.41 Å². The van der Waals surface area contributed by atoms with E-state index in [2.05, 4.69) is 42.3 Å². The molecule has 38 heavy (non-hydrogen) atoms. The van der Waals surface area contributed by atoms with Crippen molar-refractivity contribution in [2.75, 3.05) is 32.4 Å². The third kappa shape index (κ3) is 4.40. The van der Waals surface area contributed by atoms with E-state index in [1.165, 1.54) is 17.8 Å². The highest BCUT2D eigenvalue weighted by atomic mass is 32.1. The number of hydrogen-bond acceptors (Lipinski definition) is 11. The molecule has 0 bridgehead atoms. The third-order valence-corrected chi connectivity index (χ3v) is 9.21. The van der Waals surface area contributed by atoms with Crippen LogP contribution in [0.3, 0.4) is 0 Å². The highest BCUT2D eigenvalue weighted by molar-refractivity contribution is 7.16. The van der Waals surface area contributed by atoms with E-state index in [9.17, 15) is 5.26 Å². The molecule has 3 atom stereocenters. The molecule has 1 aliphatic carbocycles. The first-order valence-electron chi connectivity index (χ1n) is 13.3. The lowest BCUT2D eigenvalue weighted by Gasteiger charge is -2.30. The fraction of sp³-hybridized carbons (Fsp3) is 0.556. The smallest absolute Gasteiger partial charge is 0.237 e. The van der Waals surface area contributed by atoms with Gasteiger partial charge in [-0.2, -0.15) is 10.2 Å². The van der Waals surface area contributed by atoms with E-state index in [0.717, 1.165) is 55.8 Å². The Morgan fingerprint density at radius 1 is 1.32 bits per heavy atom. The first-order chi connectivity index (χ1) is 18.4. The number of ether oxygens (including phenoxy) is 2. The molecule has 3 aromatic heterocycles. The van der Waals surface area contributed by atoms with Gasteiger partial charge in [0.05, 0.1) is 11.0 Å². The van der Waals surface area contributed by atoms with Gasteiger partial charge in [0.25, 0.3) is 0 Å². The Balaban J connectivity index is 1.34. The molecule has 2 aliphatic heterocycles. The number of thiophene rings is 1. The minimum absolute atomic E-state index is 0.0303. The number of aromatic nitrogens is 3. The number of nitrogens with zero attached hydrogens (tertiary/aromatic N) is 5. The number of nitrogens with two attached hydrogens (primary N) is 1. The number of fused-ring (bicyclic) bond motifs is 1. The second kappa shape index (κ2) is 9.84. The van der Waals surface area contributed by atoms with Gasteiger partial charge in [-0.1, -0.05) is 5.16 Å². The molecule has 11 heteroatoms. The molecule has 2 saturated heterocycles. The molecular formula is C27H33N7O3S. The molecule has 0 saturated carbocycles. The van der Waals surface area contributed by atoms with Gasteiger partial charge in [0, 0.05) is 41.7 Å². The number of nitrogen functional groups attached to an aromatic ring is 1. The molecule has 0 spiro atoms. The summed E-state index contributed by atoms with van der Waals surface area (Å²) in [4.78, 5) is 13.0. The summed E-state index contributed by atoms with van der Waals surface area (Å²) in [6, 6.07) is 6.32. The summed E-state index contributed by atoms with van der Waals surface area (Å²) in [6.45, 7) is 6.82. The topological polar surface area (TPSA) is 135 Å². The van der Waals surface area contributed by atoms with E-state index in [1.54, 1.807) is 0 Å². The number of anilines is 1. The number of nitriles is 1. The first-order valence-corrected chi connectivity index (χ1v) is 14.1. The highest BCUT2D eigenvalue weighted by Gasteiger charge is 2.43. The van der Waals surface area contributed by atoms with Crippen molar-refractivity contribution in [1.29, 1.82) is 5.26 Å². The summed E-state index contributed by atoms with van der Waals surface area (Å²) >= 11 is 1.49. The summed E-state index contributed by atoms with van der Waals surface area (Å²) in [6.07, 6.45) is 4.98. The van der Waals surface area contributed by atoms with Gasteiger partial charge >= 0.3 is 0 Å². The van der Waals surface area contributed by atoms with Crippen LogP contribution in [0.5, 0.6) is 11.6 Å². The van der Waals surface area contributed by atoms with Gasteiger partial charge in [0.1, 0.15) is 34.7 Å². The number of pyridine rings is 1. The Kier molecular flexibility index (Phi) is 6.50. The standard InChI is InChI=1S/C27H33N7O3S/c1-15(20-6-5-9-34(20)3)35-22-11-16(36-17-13-30-14-17)10-19(31-22)25-32-26(37-33-25)27(2)8-4-7-21-23(27)18(12-28)24(29)38-21/h10-11,15,17,20,30H,4-9,13-14,29H2,1-3H3/t15-,20-,27-/m0/s1. The molecule has 2 fully saturated rings. The monoisotopic (exact) mass is 535 g/mol. The van der Waals surface area contributed by atoms with Crippen molar-refractivity contribution in [3.8, 4) is 29.2 Å². The molecule has 0 amide bonds. The number of hydrogen-bond donors (Lipinski definition) is 2. The van der Waals surface area contributed by atoms with Gasteiger partial charge in [-0.15, -0.1) is 11.3 Å². The summed E-state index contributed by atoms with van der Waals surface area (Å²) in [5.41, 5.74) is 7.57. The van der Waals surface area contributed by atoms with Crippen molar-refractivity contribution >= 4 is 16.3 Å². The van der Waals surface area contributed by atoms with E-state index in [4.69, 9.17) is 29.7 Å². The van der Waals surface area contributed by atoms with Crippen molar-refractivity contribution in [1.82, 2.24) is 25.3 Å². The number of aryl methyl sites for hydroxylation is 1. The summed E-state index contributed by atoms with van der Waals surface area (Å²) in [5, 5.41) is 17.9. The largest absolute Gasteiger partial charge is 0.487 e. The second-order valence-corrected chi connectivity index (χ2v) is 11.9. The van der Waals surface area contributed by atoms with E-state index in [1.807, 2.05) is 12.1 Å². The Hall–Kier alpha value is -3.20. The summed E-state index contributed by atoms with van der Waals surface area (Å²) < 4.78 is 18.4. The van der Waals surface area contributed by atoms with Gasteiger partial charge in [0.2, 0.25) is 17.6 Å². The molecule has 200 valence electrons. The van der Waals surface area contributed by atoms with Crippen LogP contribution in [-0.2, 0) is 11.8 Å². The Morgan fingerprint density at radius 3 is 2.87 bits per heavy atom. The summed E-state index contributed by atoms with van der Waals surface area (Å²) in [5.74, 6) is 1.97. The van der Waals surface area contributed by atoms with Crippen LogP contribution < -0.4 is 20.5 Å². The molecule has 10 nitrogen and oxygen atoms in total. The Bertz CT molecular complexity index is 1380. The van der Waals surface area contributed by atoms with Gasteiger partial charge in [-0.3, -0.25) is 4.90 Å². The zero-order valence-corrected chi connectivity index (χ0v) is 22.8. The molecule has 3 aliphatic rings. The van der Waals surface area contributed by atoms with Crippen LogP contribution in [0.25, 0.3) is 11.5 Å². The predicted molar refractivity (Wildman–Crippen MR) is 143 cm³/mol. The number of likely N-dealkylation sites (N-methyl/N-ethyl adjacent to an activating group) is 1. The van der Waals surface area contributed by atoms with Crippen molar-refractivity contribution in [3.63, 3.8) is 0 Å². The van der Waals surface area contributed by atoms with E-state index >= 15 is 0 Å². The lowest BCUT2D eigenvalue weighted by molar-refractivity contribution is 0.114. The molecule has 6 rings (SSSR count). The van der Waals surface area contributed by atoms with Gasteiger partial charge in [-0.05, 0) is 59.5 Å². The van der Waals surface area contributed by atoms with Crippen LogP contribution in [0.15, 0.2) is 16.7 Å². The average molecular weight is 536 g/mol. The van der Waals surface area contributed by atoms with Crippen molar-refractivity contribution in [2.24, 2.45) is 0 Å². The number of nitrogens with one attached hydrogen (secondary N) is 1. The highest BCUT2D eigenvalue weighted by Crippen LogP contribution is 2.48. The fourth-order valence-corrected chi connectivity index (χ4v) is 7.11. The molecular weight excluding hydrogens is 502 g/mol. The zero-order chi connectivity index (χ0) is 26.4. The molecule has 3 N–H and O–H groups in total. The maximum absolute atomic E-state index is 9.82. The molecule has 0 radical (unpaired) electrons. The normalized spacial score (nSPS) is 24.4. The molecule has 5 heterocycles. The maximum atomic E-state index is 9.82. The molecule has 0 aromatic carbocycles. The van der Waals surface area contributed by atoms with Crippen molar-refractivity contribution in [3.05, 3.63) is 34.0 Å². The van der Waals surface area contributed by atoms with E-state index in [-0.39, 0.29) is 12.2 Å². The van der Waals surface area contributed by atoms with Crippen molar-refractivity contribution in [2.45, 2.75) is 69.6 Å². The van der Waals surface area contributed by atoms with Gasteiger partial charge in [0.15, 0.2) is 0 Å². The Morgan fingerprint density at radius 2 is 2.16 bits per heavy atom. The van der Waals surface area contributed by atoms with Crippen LogP contribution in [0.4, 0.5) is 5.00 Å². The molecule has 3 aromatic rings. The van der Waals surface area contributed by atoms with Crippen LogP contribution >= 0.6 is 11.3 Å². The average Bonchev–Trinajstić information content (AvgIpc) is 3.60. The van der Waals surface area contributed by atoms with Crippen LogP contribution in [0, 0.1) is 11.3 Å². The minimum atomic E-state index is -0.593. The van der Waals surface area contributed by atoms with E-state index in [0.29, 0.717) is 45.6 Å². The quantitative estimate of drug-likeness (QED) is 0.463. The third-order valence-electron chi connectivity index (χ3n) is 8.13.